The molecule has 0 aliphatic rings. The highest BCUT2D eigenvalue weighted by atomic mass is 31.2. The summed E-state index contributed by atoms with van der Waals surface area (Å²) in [6.45, 7) is 3.11. The Morgan fingerprint density at radius 3 is 2.00 bits per heavy atom. The predicted molar refractivity (Wildman–Crippen MR) is 70.3 cm³/mol. The number of nitrogens with zero attached hydrogens (tertiary/aromatic N) is 1. The van der Waals surface area contributed by atoms with Crippen LogP contribution in [-0.4, -0.2) is 59.0 Å². The van der Waals surface area contributed by atoms with Crippen LogP contribution < -0.4 is 4.89 Å². The van der Waals surface area contributed by atoms with Crippen molar-refractivity contribution in [3.8, 4) is 0 Å². The molecule has 0 spiro atoms. The third-order valence-corrected chi connectivity index (χ3v) is 2.65. The number of rotatable bonds is 6. The first-order chi connectivity index (χ1) is 8.58. The molecule has 0 aromatic carbocycles. The van der Waals surface area contributed by atoms with Gasteiger partial charge in [0.2, 0.25) is 0 Å². The van der Waals surface area contributed by atoms with Crippen molar-refractivity contribution in [1.82, 2.24) is 0 Å². The standard InChI is InChI=1S/C9H18NO2.C2H7O4P/c1-5-6-9(11)12-8-7-10(2,3)4;1-5-7(3,4)6-2/h5-6H,7-8H2,1-4H3;1-2H3,(H,3,4)/q+1;/p-1. The monoisotopic (exact) mass is 297 g/mol. The molecule has 0 amide bonds. The average Bonchev–Trinajstić information content (AvgIpc) is 2.28. The molecular weight excluding hydrogens is 273 g/mol. The second kappa shape index (κ2) is 10.1. The number of ether oxygens (including phenoxy) is 1. The summed E-state index contributed by atoms with van der Waals surface area (Å²) in [5.41, 5.74) is 0. The van der Waals surface area contributed by atoms with E-state index in [1.165, 1.54) is 6.08 Å². The zero-order chi connectivity index (χ0) is 15.5. The highest BCUT2D eigenvalue weighted by molar-refractivity contribution is 7.45. The van der Waals surface area contributed by atoms with Crippen LogP contribution >= 0.6 is 7.82 Å². The molecule has 0 atom stereocenters. The summed E-state index contributed by atoms with van der Waals surface area (Å²) in [4.78, 5) is 20.8. The van der Waals surface area contributed by atoms with Crippen LogP contribution in [0.4, 0.5) is 0 Å². The van der Waals surface area contributed by atoms with Gasteiger partial charge in [-0.2, -0.15) is 0 Å². The highest BCUT2D eigenvalue weighted by Crippen LogP contribution is 2.34. The lowest BCUT2D eigenvalue weighted by Gasteiger charge is -2.23. The molecule has 0 aromatic heterocycles. The van der Waals surface area contributed by atoms with Gasteiger partial charge in [0.05, 0.1) is 21.1 Å². The molecule has 0 unspecified atom stereocenters. The number of esters is 1. The molecule has 7 nitrogen and oxygen atoms in total. The lowest BCUT2D eigenvalue weighted by atomic mass is 10.5. The Kier molecular flexibility index (Phi) is 11.0. The Morgan fingerprint density at radius 2 is 1.74 bits per heavy atom. The molecule has 0 bridgehead atoms. The van der Waals surface area contributed by atoms with Gasteiger partial charge >= 0.3 is 5.97 Å². The van der Waals surface area contributed by atoms with Gasteiger partial charge < -0.3 is 23.2 Å². The number of quaternary nitrogens is 1. The largest absolute Gasteiger partial charge is 0.756 e. The number of phosphoric acid groups is 1. The summed E-state index contributed by atoms with van der Waals surface area (Å²) in [5.74, 6) is -0.258. The molecule has 19 heavy (non-hydrogen) atoms. The Bertz CT molecular complexity index is 316. The smallest absolute Gasteiger partial charge is 0.330 e. The van der Waals surface area contributed by atoms with Crippen LogP contribution in [0.5, 0.6) is 0 Å². The Labute approximate surface area is 115 Å². The van der Waals surface area contributed by atoms with Crippen LogP contribution in [0, 0.1) is 0 Å². The van der Waals surface area contributed by atoms with E-state index in [2.05, 4.69) is 30.2 Å². The quantitative estimate of drug-likeness (QED) is 0.308. The fourth-order valence-electron chi connectivity index (χ4n) is 0.679. The topological polar surface area (TPSA) is 84.9 Å². The van der Waals surface area contributed by atoms with E-state index in [1.807, 2.05) is 0 Å². The summed E-state index contributed by atoms with van der Waals surface area (Å²) < 4.78 is 23.4. The first-order valence-electron chi connectivity index (χ1n) is 5.60. The first kappa shape index (κ1) is 20.6. The normalized spacial score (nSPS) is 11.9. The van der Waals surface area contributed by atoms with Crippen LogP contribution in [0.2, 0.25) is 0 Å². The van der Waals surface area contributed by atoms with Gasteiger partial charge in [-0.3, -0.25) is 4.57 Å². The second-order valence-corrected chi connectivity index (χ2v) is 6.12. The predicted octanol–water partition coefficient (Wildman–Crippen LogP) is 0.560. The molecule has 8 heteroatoms. The number of allylic oxidation sites excluding steroid dienone is 1. The van der Waals surface area contributed by atoms with E-state index >= 15 is 0 Å². The number of phosphoric ester groups is 1. The number of likely N-dealkylation sites (N-methyl/N-ethyl adjacent to an activating group) is 1. The molecule has 114 valence electrons. The molecule has 0 rings (SSSR count). The van der Waals surface area contributed by atoms with Crippen molar-refractivity contribution < 1.29 is 32.5 Å². The van der Waals surface area contributed by atoms with Crippen molar-refractivity contribution in [2.45, 2.75) is 6.92 Å². The van der Waals surface area contributed by atoms with Crippen LogP contribution in [0.3, 0.4) is 0 Å². The van der Waals surface area contributed by atoms with E-state index in [9.17, 15) is 14.3 Å². The summed E-state index contributed by atoms with van der Waals surface area (Å²) in [5, 5.41) is 0. The zero-order valence-electron chi connectivity index (χ0n) is 12.4. The van der Waals surface area contributed by atoms with Crippen molar-refractivity contribution in [2.75, 3.05) is 48.5 Å². The van der Waals surface area contributed by atoms with Crippen LogP contribution in [0.15, 0.2) is 12.2 Å². The third-order valence-electron chi connectivity index (χ3n) is 1.76. The molecule has 0 radical (unpaired) electrons. The van der Waals surface area contributed by atoms with Crippen molar-refractivity contribution in [3.05, 3.63) is 12.2 Å². The summed E-state index contributed by atoms with van der Waals surface area (Å²) >= 11 is 0. The van der Waals surface area contributed by atoms with E-state index in [4.69, 9.17) is 4.74 Å². The number of hydrogen-bond acceptors (Lipinski definition) is 6. The maximum Gasteiger partial charge on any atom is 0.330 e. The van der Waals surface area contributed by atoms with E-state index in [1.54, 1.807) is 13.0 Å². The maximum atomic E-state index is 10.8. The fourth-order valence-corrected chi connectivity index (χ4v) is 0.828. The van der Waals surface area contributed by atoms with E-state index in [-0.39, 0.29) is 5.97 Å². The van der Waals surface area contributed by atoms with Crippen LogP contribution in [0.25, 0.3) is 0 Å². The Morgan fingerprint density at radius 1 is 1.26 bits per heavy atom. The Balaban J connectivity index is 0. The lowest BCUT2D eigenvalue weighted by Crippen LogP contribution is -2.37. The second-order valence-electron chi connectivity index (χ2n) is 4.49. The van der Waals surface area contributed by atoms with Gasteiger partial charge in [-0.05, 0) is 6.92 Å². The SMILES string of the molecule is CC=CC(=O)OCC[N+](C)(C)C.COP(=O)([O-])OC. The minimum Gasteiger partial charge on any atom is -0.756 e. The summed E-state index contributed by atoms with van der Waals surface area (Å²) in [6.07, 6.45) is 3.10. The van der Waals surface area contributed by atoms with Crippen molar-refractivity contribution in [1.29, 1.82) is 0 Å². The first-order valence-corrected chi connectivity index (χ1v) is 7.06. The van der Waals surface area contributed by atoms with Crippen molar-refractivity contribution in [2.24, 2.45) is 0 Å². The van der Waals surface area contributed by atoms with Gasteiger partial charge in [0.15, 0.2) is 0 Å². The van der Waals surface area contributed by atoms with E-state index in [0.29, 0.717) is 6.61 Å². The summed E-state index contributed by atoms with van der Waals surface area (Å²) in [7, 11) is 4.35. The summed E-state index contributed by atoms with van der Waals surface area (Å²) in [6, 6.07) is 0. The van der Waals surface area contributed by atoms with Gasteiger partial charge in [0.25, 0.3) is 7.82 Å². The number of hydrogen-bond donors (Lipinski definition) is 0. The highest BCUT2D eigenvalue weighted by Gasteiger charge is 2.07. The Hall–Kier alpha value is -0.720. The van der Waals surface area contributed by atoms with Gasteiger partial charge in [-0.1, -0.05) is 6.08 Å². The van der Waals surface area contributed by atoms with Crippen molar-refractivity contribution >= 4 is 13.8 Å². The van der Waals surface area contributed by atoms with Crippen molar-refractivity contribution in [3.63, 3.8) is 0 Å². The molecule has 0 N–H and O–H groups in total. The minimum absolute atomic E-state index is 0.258. The van der Waals surface area contributed by atoms with Gasteiger partial charge in [-0.25, -0.2) is 4.79 Å². The van der Waals surface area contributed by atoms with E-state index < -0.39 is 7.82 Å². The zero-order valence-corrected chi connectivity index (χ0v) is 13.3. The number of carbonyl (C=O) groups is 1. The molecule has 0 aromatic rings. The fraction of sp³-hybridized carbons (Fsp3) is 0.727. The maximum absolute atomic E-state index is 10.8. The molecule has 0 aliphatic heterocycles. The molecule has 0 saturated heterocycles. The average molecular weight is 297 g/mol. The van der Waals surface area contributed by atoms with Gasteiger partial charge in [0, 0.05) is 20.3 Å². The van der Waals surface area contributed by atoms with Crippen LogP contribution in [0.1, 0.15) is 6.92 Å². The molecule has 0 saturated carbocycles. The minimum atomic E-state index is -3.90. The molecule has 0 heterocycles. The molecule has 0 fully saturated rings. The molecular formula is C11H24NO6P. The third kappa shape index (κ3) is 17.3. The van der Waals surface area contributed by atoms with E-state index in [0.717, 1.165) is 25.2 Å². The number of carbonyl (C=O) groups excluding carboxylic acids is 1. The molecule has 0 aliphatic carbocycles. The van der Waals surface area contributed by atoms with Gasteiger partial charge in [0.1, 0.15) is 13.2 Å². The lowest BCUT2D eigenvalue weighted by molar-refractivity contribution is -0.870. The van der Waals surface area contributed by atoms with Gasteiger partial charge in [-0.15, -0.1) is 0 Å². The van der Waals surface area contributed by atoms with Crippen LogP contribution in [-0.2, 0) is 23.1 Å².